The van der Waals surface area contributed by atoms with Crippen molar-refractivity contribution < 1.29 is 0 Å². The van der Waals surface area contributed by atoms with Gasteiger partial charge < -0.3 is 15.6 Å². The molecular weight excluding hydrogens is 504 g/mol. The topological polar surface area (TPSA) is 78.5 Å². The number of hydrogen-bond donors (Lipinski definition) is 3. The maximum absolute atomic E-state index is 4.94. The summed E-state index contributed by atoms with van der Waals surface area (Å²) in [6.45, 7) is 14.7. The molecule has 0 aliphatic rings. The van der Waals surface area contributed by atoms with E-state index >= 15 is 0 Å². The van der Waals surface area contributed by atoms with Crippen LogP contribution in [-0.4, -0.2) is 27.0 Å². The summed E-state index contributed by atoms with van der Waals surface area (Å²) in [7, 11) is 1.90. The van der Waals surface area contributed by atoms with Crippen molar-refractivity contribution in [3.05, 3.63) is 151 Å². The Balaban J connectivity index is 1.48. The maximum Gasteiger partial charge on any atom is 0.138 e. The van der Waals surface area contributed by atoms with Crippen molar-refractivity contribution in [1.82, 2.24) is 25.3 Å². The maximum atomic E-state index is 4.94. The molecule has 2 aromatic carbocycles. The lowest BCUT2D eigenvalue weighted by molar-refractivity contribution is 1.14. The monoisotopic (exact) mass is 536 g/mol. The number of H-pyrrole nitrogens is 1. The number of nitrogens with zero attached hydrogens (tertiary/aromatic N) is 3. The van der Waals surface area contributed by atoms with Gasteiger partial charge in [-0.25, -0.2) is 4.98 Å². The lowest BCUT2D eigenvalue weighted by Crippen LogP contribution is -2.09. The van der Waals surface area contributed by atoms with Crippen LogP contribution in [0.25, 0.3) is 39.1 Å². The van der Waals surface area contributed by atoms with Gasteiger partial charge in [-0.1, -0.05) is 68.3 Å². The van der Waals surface area contributed by atoms with Crippen LogP contribution in [0.4, 0.5) is 5.69 Å². The summed E-state index contributed by atoms with van der Waals surface area (Å²) in [4.78, 5) is 17.2. The fourth-order valence-corrected chi connectivity index (χ4v) is 4.64. The van der Waals surface area contributed by atoms with Crippen molar-refractivity contribution in [2.24, 2.45) is 0 Å². The summed E-state index contributed by atoms with van der Waals surface area (Å²) in [5, 5.41) is 6.69. The van der Waals surface area contributed by atoms with Crippen LogP contribution >= 0.6 is 0 Å². The summed E-state index contributed by atoms with van der Waals surface area (Å²) in [6.07, 6.45) is 11.3. The fourth-order valence-electron chi connectivity index (χ4n) is 4.64. The molecule has 0 aliphatic heterocycles. The van der Waals surface area contributed by atoms with Gasteiger partial charge >= 0.3 is 0 Å². The molecule has 0 saturated heterocycles. The van der Waals surface area contributed by atoms with Crippen LogP contribution in [0.5, 0.6) is 0 Å². The SMILES string of the molecule is C=C/C(=C\C(=C/C)c1ccc(NC)c(C(=C)c2nc3c(-c4ccccn4)cncc3[nH]2)c1)NC(=C)c1ccccc1. The van der Waals surface area contributed by atoms with Crippen LogP contribution in [0.2, 0.25) is 0 Å². The number of aromatic amines is 1. The molecule has 6 nitrogen and oxygen atoms in total. The lowest BCUT2D eigenvalue weighted by Gasteiger charge is -2.15. The van der Waals surface area contributed by atoms with Gasteiger partial charge in [0.15, 0.2) is 0 Å². The number of rotatable bonds is 10. The van der Waals surface area contributed by atoms with Crippen LogP contribution in [0.3, 0.4) is 0 Å². The normalized spacial score (nSPS) is 11.8. The molecule has 3 N–H and O–H groups in total. The minimum atomic E-state index is 0.670. The second-order valence-corrected chi connectivity index (χ2v) is 9.39. The predicted molar refractivity (Wildman–Crippen MR) is 172 cm³/mol. The van der Waals surface area contributed by atoms with E-state index in [1.807, 2.05) is 62.5 Å². The highest BCUT2D eigenvalue weighted by atomic mass is 14.9. The number of benzene rings is 2. The number of hydrogen-bond acceptors (Lipinski definition) is 5. The van der Waals surface area contributed by atoms with Crippen molar-refractivity contribution in [2.75, 3.05) is 12.4 Å². The Morgan fingerprint density at radius 3 is 2.46 bits per heavy atom. The van der Waals surface area contributed by atoms with E-state index < -0.39 is 0 Å². The molecule has 0 fully saturated rings. The van der Waals surface area contributed by atoms with Gasteiger partial charge in [0.05, 0.1) is 17.4 Å². The van der Waals surface area contributed by atoms with E-state index in [1.165, 1.54) is 0 Å². The second kappa shape index (κ2) is 12.1. The summed E-state index contributed by atoms with van der Waals surface area (Å²) in [5.41, 5.74) is 10.7. The molecule has 41 heavy (non-hydrogen) atoms. The molecule has 0 amide bonds. The zero-order chi connectivity index (χ0) is 28.8. The van der Waals surface area contributed by atoms with Gasteiger partial charge in [0.2, 0.25) is 0 Å². The Morgan fingerprint density at radius 2 is 1.76 bits per heavy atom. The first-order chi connectivity index (χ1) is 20.0. The largest absolute Gasteiger partial charge is 0.388 e. The number of allylic oxidation sites excluding steroid dienone is 4. The Hall–Kier alpha value is -5.49. The minimum absolute atomic E-state index is 0.670. The highest BCUT2D eigenvalue weighted by Crippen LogP contribution is 2.33. The third-order valence-corrected chi connectivity index (χ3v) is 6.83. The van der Waals surface area contributed by atoms with Gasteiger partial charge in [0.25, 0.3) is 0 Å². The molecule has 0 spiro atoms. The molecule has 0 atom stereocenters. The van der Waals surface area contributed by atoms with Crippen molar-refractivity contribution in [3.63, 3.8) is 0 Å². The molecule has 0 saturated carbocycles. The fraction of sp³-hybridized carbons (Fsp3) is 0.0571. The molecule has 0 aliphatic carbocycles. The summed E-state index contributed by atoms with van der Waals surface area (Å²) >= 11 is 0. The molecule has 0 radical (unpaired) electrons. The van der Waals surface area contributed by atoms with E-state index in [-0.39, 0.29) is 0 Å². The van der Waals surface area contributed by atoms with Crippen LogP contribution in [0, 0.1) is 0 Å². The smallest absolute Gasteiger partial charge is 0.138 e. The minimum Gasteiger partial charge on any atom is -0.388 e. The molecule has 3 heterocycles. The first kappa shape index (κ1) is 27.1. The average Bonchev–Trinajstić information content (AvgIpc) is 3.48. The molecule has 202 valence electrons. The van der Waals surface area contributed by atoms with Crippen molar-refractivity contribution in [2.45, 2.75) is 6.92 Å². The van der Waals surface area contributed by atoms with E-state index in [0.717, 1.165) is 67.2 Å². The van der Waals surface area contributed by atoms with Crippen LogP contribution in [0.1, 0.15) is 29.4 Å². The number of aromatic nitrogens is 4. The molecule has 0 unspecified atom stereocenters. The Morgan fingerprint density at radius 1 is 0.951 bits per heavy atom. The van der Waals surface area contributed by atoms with Crippen LogP contribution < -0.4 is 10.6 Å². The first-order valence-electron chi connectivity index (χ1n) is 13.3. The quantitative estimate of drug-likeness (QED) is 0.158. The van der Waals surface area contributed by atoms with E-state index in [9.17, 15) is 0 Å². The molecule has 0 bridgehead atoms. The van der Waals surface area contributed by atoms with E-state index in [1.54, 1.807) is 24.7 Å². The number of fused-ring (bicyclic) bond motifs is 1. The van der Waals surface area contributed by atoms with Crippen molar-refractivity contribution >= 4 is 33.6 Å². The third-order valence-electron chi connectivity index (χ3n) is 6.83. The highest BCUT2D eigenvalue weighted by molar-refractivity contribution is 5.94. The van der Waals surface area contributed by atoms with Gasteiger partial charge in [-0.15, -0.1) is 0 Å². The van der Waals surface area contributed by atoms with Gasteiger partial charge in [-0.05, 0) is 60.0 Å². The van der Waals surface area contributed by atoms with Gasteiger partial charge in [-0.3, -0.25) is 9.97 Å². The Bertz CT molecular complexity index is 1790. The standard InChI is InChI=1S/C35H32N6/c1-6-25(19-28(7-2)39-24(4)26-13-9-8-10-14-26)27-16-17-31(36-5)29(20-27)23(3)35-40-33-22-37-21-30(34(33)41-35)32-15-11-12-18-38-32/h6-22,36,39H,2-4H2,1,5H3,(H,40,41)/b25-6+,28-19+. The number of anilines is 1. The Labute approximate surface area is 240 Å². The Kier molecular flexibility index (Phi) is 8.02. The number of pyridine rings is 2. The zero-order valence-electron chi connectivity index (χ0n) is 23.3. The van der Waals surface area contributed by atoms with Gasteiger partial charge in [-0.2, -0.15) is 0 Å². The van der Waals surface area contributed by atoms with E-state index in [4.69, 9.17) is 4.98 Å². The van der Waals surface area contributed by atoms with Crippen molar-refractivity contribution in [3.8, 4) is 11.3 Å². The van der Waals surface area contributed by atoms with Crippen LogP contribution in [-0.2, 0) is 0 Å². The van der Waals surface area contributed by atoms with Gasteiger partial charge in [0, 0.05) is 53.2 Å². The van der Waals surface area contributed by atoms with E-state index in [0.29, 0.717) is 5.82 Å². The summed E-state index contributed by atoms with van der Waals surface area (Å²) < 4.78 is 0. The van der Waals surface area contributed by atoms with E-state index in [2.05, 4.69) is 75.7 Å². The highest BCUT2D eigenvalue weighted by Gasteiger charge is 2.16. The molecule has 5 rings (SSSR count). The van der Waals surface area contributed by atoms with Gasteiger partial charge in [0.1, 0.15) is 11.3 Å². The average molecular weight is 537 g/mol. The first-order valence-corrected chi connectivity index (χ1v) is 13.3. The molecule has 3 aromatic heterocycles. The van der Waals surface area contributed by atoms with Crippen LogP contribution in [0.15, 0.2) is 129 Å². The van der Waals surface area contributed by atoms with Crippen molar-refractivity contribution in [1.29, 1.82) is 0 Å². The summed E-state index contributed by atoms with van der Waals surface area (Å²) in [5.74, 6) is 0.670. The number of imidazole rings is 1. The predicted octanol–water partition coefficient (Wildman–Crippen LogP) is 7.86. The number of nitrogens with one attached hydrogen (secondary N) is 3. The molecular formula is C35H32N6. The molecule has 6 heteroatoms. The second-order valence-electron chi connectivity index (χ2n) is 9.39. The lowest BCUT2D eigenvalue weighted by atomic mass is 9.96. The summed E-state index contributed by atoms with van der Waals surface area (Å²) in [6, 6.07) is 22.1. The zero-order valence-corrected chi connectivity index (χ0v) is 23.3. The molecule has 5 aromatic rings. The third kappa shape index (κ3) is 5.77.